The van der Waals surface area contributed by atoms with Gasteiger partial charge in [-0.05, 0) is 5.56 Å². The summed E-state index contributed by atoms with van der Waals surface area (Å²) in [6.45, 7) is 11.4. The van der Waals surface area contributed by atoms with Crippen LogP contribution in [-0.2, 0) is 26.2 Å². The molecule has 144 valence electrons. The van der Waals surface area contributed by atoms with Crippen molar-refractivity contribution in [1.29, 1.82) is 0 Å². The van der Waals surface area contributed by atoms with Gasteiger partial charge in [-0.25, -0.2) is 0 Å². The largest absolute Gasteiger partial charge is 4.00 e. The molecule has 0 aliphatic heterocycles. The van der Waals surface area contributed by atoms with Crippen LogP contribution in [0.5, 0.6) is 0 Å². The third kappa shape index (κ3) is 59.5. The molecule has 0 heterocycles. The molecule has 0 atom stereocenters. The van der Waals surface area contributed by atoms with Gasteiger partial charge < -0.3 is 20.4 Å². The van der Waals surface area contributed by atoms with Crippen LogP contribution in [0.3, 0.4) is 0 Å². The zero-order valence-corrected chi connectivity index (χ0v) is 18.9. The summed E-state index contributed by atoms with van der Waals surface area (Å²) < 4.78 is 0. The number of hydrogen-bond donors (Lipinski definition) is 0. The van der Waals surface area contributed by atoms with Crippen molar-refractivity contribution in [2.45, 2.75) is 53.4 Å². The van der Waals surface area contributed by atoms with Crippen molar-refractivity contribution < 1.29 is 46.6 Å². The van der Waals surface area contributed by atoms with E-state index in [9.17, 15) is 20.4 Å². The molecule has 1 aromatic carbocycles. The first-order valence-electron chi connectivity index (χ1n) is 8.59. The quantitative estimate of drug-likeness (QED) is 0.703. The summed E-state index contributed by atoms with van der Waals surface area (Å²) in [4.78, 5) is 0. The molecular weight excluding hydrogens is 395 g/mol. The summed E-state index contributed by atoms with van der Waals surface area (Å²) in [6.07, 6.45) is 4.89. The summed E-state index contributed by atoms with van der Waals surface area (Å²) in [5.74, 6) is 0. The van der Waals surface area contributed by atoms with Crippen molar-refractivity contribution in [1.82, 2.24) is 0 Å². The van der Waals surface area contributed by atoms with Gasteiger partial charge in [-0.15, -0.1) is 26.4 Å². The maximum absolute atomic E-state index is 9.30. The van der Waals surface area contributed by atoms with Gasteiger partial charge in [0.15, 0.2) is 0 Å². The number of rotatable bonds is 5. The standard InChI is InChI=1S/C8H8.4C3H7O.Zr/c1-2-8-6-4-3-5-7-8;4*1-2-3-4;/h2-7H,1H2;4*2-3H2,1H3;/q;4*-1;+4. The van der Waals surface area contributed by atoms with E-state index in [2.05, 4.69) is 6.58 Å². The number of benzene rings is 1. The van der Waals surface area contributed by atoms with Crippen molar-refractivity contribution in [2.75, 3.05) is 26.4 Å². The van der Waals surface area contributed by atoms with Crippen molar-refractivity contribution in [2.24, 2.45) is 0 Å². The average Bonchev–Trinajstić information content (AvgIpc) is 2.69. The molecule has 0 aromatic heterocycles. The Balaban J connectivity index is -0.0000000695. The Morgan fingerprint density at radius 2 is 0.920 bits per heavy atom. The molecule has 0 spiro atoms. The normalized spacial score (nSPS) is 7.52. The molecule has 0 aliphatic rings. The van der Waals surface area contributed by atoms with E-state index in [0.29, 0.717) is 0 Å². The molecule has 0 aliphatic carbocycles. The smallest absolute Gasteiger partial charge is 0.854 e. The van der Waals surface area contributed by atoms with Crippen LogP contribution in [0.4, 0.5) is 0 Å². The summed E-state index contributed by atoms with van der Waals surface area (Å²) in [6, 6.07) is 10.0. The van der Waals surface area contributed by atoms with Gasteiger partial charge in [0.05, 0.1) is 0 Å². The van der Waals surface area contributed by atoms with Gasteiger partial charge in [0.1, 0.15) is 0 Å². The Labute approximate surface area is 174 Å². The van der Waals surface area contributed by atoms with Crippen LogP contribution < -0.4 is 20.4 Å². The maximum atomic E-state index is 9.30. The van der Waals surface area contributed by atoms with Crippen LogP contribution in [0.15, 0.2) is 36.9 Å². The second-order valence-corrected chi connectivity index (χ2v) is 4.43. The number of hydrogen-bond acceptors (Lipinski definition) is 4. The van der Waals surface area contributed by atoms with E-state index in [1.807, 2.05) is 64.1 Å². The molecule has 0 fully saturated rings. The summed E-state index contributed by atoms with van der Waals surface area (Å²) in [7, 11) is 0. The predicted octanol–water partition coefficient (Wildman–Crippen LogP) is 1.35. The van der Waals surface area contributed by atoms with Gasteiger partial charge in [-0.2, -0.15) is 0 Å². The van der Waals surface area contributed by atoms with Crippen molar-refractivity contribution in [3.8, 4) is 0 Å². The van der Waals surface area contributed by atoms with E-state index in [0.717, 1.165) is 25.7 Å². The van der Waals surface area contributed by atoms with E-state index >= 15 is 0 Å². The van der Waals surface area contributed by atoms with E-state index in [-0.39, 0.29) is 52.6 Å². The van der Waals surface area contributed by atoms with E-state index in [1.165, 1.54) is 5.56 Å². The van der Waals surface area contributed by atoms with Crippen molar-refractivity contribution in [3.63, 3.8) is 0 Å². The second-order valence-electron chi connectivity index (χ2n) is 4.43. The summed E-state index contributed by atoms with van der Waals surface area (Å²) in [5.41, 5.74) is 1.17. The Hall–Kier alpha value is -0.317. The molecular formula is C20H36O4Zr. The summed E-state index contributed by atoms with van der Waals surface area (Å²) in [5, 5.41) is 37.2. The molecule has 1 rings (SSSR count). The average molecular weight is 432 g/mol. The topological polar surface area (TPSA) is 92.2 Å². The van der Waals surface area contributed by atoms with Crippen LogP contribution in [0.2, 0.25) is 0 Å². The molecule has 0 saturated carbocycles. The van der Waals surface area contributed by atoms with Crippen LogP contribution in [0, 0.1) is 0 Å². The predicted molar refractivity (Wildman–Crippen MR) is 97.2 cm³/mol. The summed E-state index contributed by atoms with van der Waals surface area (Å²) >= 11 is 0. The first-order chi connectivity index (χ1) is 11.6. The molecule has 5 heteroatoms. The minimum Gasteiger partial charge on any atom is -0.854 e. The fraction of sp³-hybridized carbons (Fsp3) is 0.600. The Bertz CT molecular complexity index is 258. The van der Waals surface area contributed by atoms with Crippen molar-refractivity contribution >= 4 is 6.08 Å². The van der Waals surface area contributed by atoms with Crippen LogP contribution in [0.1, 0.15) is 58.9 Å². The van der Waals surface area contributed by atoms with E-state index < -0.39 is 0 Å². The SMILES string of the molecule is C=Cc1ccccc1.CCC[O-].CCC[O-].CCC[O-].CCC[O-].[Zr+4]. The molecule has 4 nitrogen and oxygen atoms in total. The first kappa shape index (κ1) is 35.7. The third-order valence-corrected chi connectivity index (χ3v) is 1.85. The molecule has 0 unspecified atom stereocenters. The second kappa shape index (κ2) is 43.8. The first-order valence-corrected chi connectivity index (χ1v) is 8.59. The van der Waals surface area contributed by atoms with Gasteiger partial charge in [0, 0.05) is 0 Å². The molecule has 0 N–H and O–H groups in total. The van der Waals surface area contributed by atoms with E-state index in [1.54, 1.807) is 0 Å². The third-order valence-electron chi connectivity index (χ3n) is 1.85. The fourth-order valence-corrected chi connectivity index (χ4v) is 0.589. The molecule has 0 amide bonds. The van der Waals surface area contributed by atoms with Crippen LogP contribution in [-0.4, -0.2) is 26.4 Å². The molecule has 0 saturated heterocycles. The minimum absolute atomic E-state index is 0. The van der Waals surface area contributed by atoms with Gasteiger partial charge >= 0.3 is 26.2 Å². The molecule has 0 bridgehead atoms. The molecule has 25 heavy (non-hydrogen) atoms. The van der Waals surface area contributed by atoms with Crippen molar-refractivity contribution in [3.05, 3.63) is 42.5 Å². The van der Waals surface area contributed by atoms with E-state index in [4.69, 9.17) is 0 Å². The Morgan fingerprint density at radius 3 is 1.04 bits per heavy atom. The van der Waals surface area contributed by atoms with Gasteiger partial charge in [0.25, 0.3) is 0 Å². The van der Waals surface area contributed by atoms with Gasteiger partial charge in [0.2, 0.25) is 0 Å². The fourth-order valence-electron chi connectivity index (χ4n) is 0.589. The monoisotopic (exact) mass is 430 g/mol. The molecule has 0 radical (unpaired) electrons. The Kier molecular flexibility index (Phi) is 62.6. The maximum Gasteiger partial charge on any atom is 4.00 e. The zero-order chi connectivity index (χ0) is 19.5. The van der Waals surface area contributed by atoms with Gasteiger partial charge in [-0.1, -0.05) is 96.4 Å². The van der Waals surface area contributed by atoms with Crippen LogP contribution in [0.25, 0.3) is 6.08 Å². The molecule has 1 aromatic rings. The Morgan fingerprint density at radius 1 is 0.680 bits per heavy atom. The zero-order valence-electron chi connectivity index (χ0n) is 16.5. The van der Waals surface area contributed by atoms with Crippen LogP contribution >= 0.6 is 0 Å². The minimum atomic E-state index is 0. The van der Waals surface area contributed by atoms with Gasteiger partial charge in [-0.3, -0.25) is 0 Å².